The smallest absolute Gasteiger partial charge is 0.335 e. The number of benzene rings is 1. The summed E-state index contributed by atoms with van der Waals surface area (Å²) in [5, 5.41) is 8.62. The Morgan fingerprint density at radius 2 is 1.78 bits per heavy atom. The number of anilines is 3. The first kappa shape index (κ1) is 27.7. The molecular weight excluding hydrogens is 506 g/mol. The molecule has 1 aromatic carbocycles. The summed E-state index contributed by atoms with van der Waals surface area (Å²) in [6.45, 7) is 17.7. The predicted octanol–water partition coefficient (Wildman–Crippen LogP) is 5.89. The monoisotopic (exact) mass is 547 g/mol. The van der Waals surface area contributed by atoms with Crippen molar-refractivity contribution in [2.75, 3.05) is 17.3 Å². The van der Waals surface area contributed by atoms with E-state index in [1.54, 1.807) is 19.2 Å². The van der Waals surface area contributed by atoms with Crippen molar-refractivity contribution in [3.05, 3.63) is 30.0 Å². The SMILES string of the molecule is CN1C(=O)NS(=O)(=O)c2ccc(Nc3cc([C@H]4CC[C@@H](O[Si](C)(C)C(C)(C)C)C4)nn3C(C)(C)C)cc21. The zero-order valence-corrected chi connectivity index (χ0v) is 25.3. The van der Waals surface area contributed by atoms with Gasteiger partial charge in [0.2, 0.25) is 0 Å². The second kappa shape index (κ2) is 9.13. The Morgan fingerprint density at radius 1 is 1.11 bits per heavy atom. The third kappa shape index (κ3) is 5.44. The number of rotatable bonds is 5. The number of nitrogens with zero attached hydrogens (tertiary/aromatic N) is 3. The fourth-order valence-corrected chi connectivity index (χ4v) is 7.28. The molecule has 4 rings (SSSR count). The van der Waals surface area contributed by atoms with Gasteiger partial charge in [0.05, 0.1) is 16.9 Å². The molecule has 2 aromatic rings. The zero-order chi connectivity index (χ0) is 27.6. The van der Waals surface area contributed by atoms with Crippen LogP contribution in [0.2, 0.25) is 18.1 Å². The molecule has 0 unspecified atom stereocenters. The van der Waals surface area contributed by atoms with Gasteiger partial charge in [-0.25, -0.2) is 22.6 Å². The maximum absolute atomic E-state index is 12.4. The van der Waals surface area contributed by atoms with E-state index in [1.165, 1.54) is 11.0 Å². The first-order chi connectivity index (χ1) is 16.9. The summed E-state index contributed by atoms with van der Waals surface area (Å²) >= 11 is 0. The van der Waals surface area contributed by atoms with Gasteiger partial charge >= 0.3 is 6.03 Å². The lowest BCUT2D eigenvalue weighted by Gasteiger charge is -2.38. The lowest BCUT2D eigenvalue weighted by molar-refractivity contribution is 0.186. The largest absolute Gasteiger partial charge is 0.414 e. The number of sulfonamides is 1. The second-order valence-electron chi connectivity index (χ2n) is 12.8. The van der Waals surface area contributed by atoms with Gasteiger partial charge in [0.1, 0.15) is 10.7 Å². The van der Waals surface area contributed by atoms with Gasteiger partial charge in [-0.3, -0.25) is 4.90 Å². The molecule has 0 spiro atoms. The summed E-state index contributed by atoms with van der Waals surface area (Å²) in [5.74, 6) is 1.14. The lowest BCUT2D eigenvalue weighted by atomic mass is 10.0. The second-order valence-corrected chi connectivity index (χ2v) is 19.2. The molecule has 1 aliphatic carbocycles. The van der Waals surface area contributed by atoms with E-state index in [0.29, 0.717) is 17.3 Å². The zero-order valence-electron chi connectivity index (χ0n) is 23.5. The molecule has 1 saturated carbocycles. The quantitative estimate of drug-likeness (QED) is 0.452. The molecule has 2 atom stereocenters. The number of hydrogen-bond donors (Lipinski definition) is 2. The van der Waals surface area contributed by atoms with Gasteiger partial charge < -0.3 is 9.74 Å². The van der Waals surface area contributed by atoms with Crippen LogP contribution in [0.15, 0.2) is 29.2 Å². The molecule has 0 bridgehead atoms. The van der Waals surface area contributed by atoms with Crippen molar-refractivity contribution in [1.29, 1.82) is 0 Å². The molecule has 37 heavy (non-hydrogen) atoms. The number of aromatic nitrogens is 2. The summed E-state index contributed by atoms with van der Waals surface area (Å²) in [4.78, 5) is 13.5. The fraction of sp³-hybridized carbons (Fsp3) is 0.615. The predicted molar refractivity (Wildman–Crippen MR) is 150 cm³/mol. The molecule has 0 saturated heterocycles. The Hall–Kier alpha value is -2.37. The molecule has 2 aliphatic rings. The van der Waals surface area contributed by atoms with Crippen LogP contribution in [-0.2, 0) is 20.0 Å². The van der Waals surface area contributed by atoms with Crippen LogP contribution in [0.4, 0.5) is 22.0 Å². The number of amides is 2. The van der Waals surface area contributed by atoms with Gasteiger partial charge in [-0.2, -0.15) is 5.10 Å². The number of fused-ring (bicyclic) bond motifs is 1. The molecule has 11 heteroatoms. The third-order valence-corrected chi connectivity index (χ3v) is 13.7. The molecule has 1 aliphatic heterocycles. The topological polar surface area (TPSA) is 106 Å². The van der Waals surface area contributed by atoms with Gasteiger partial charge in [0.25, 0.3) is 10.0 Å². The maximum atomic E-state index is 12.4. The number of carbonyl (C=O) groups is 1. The van der Waals surface area contributed by atoms with Crippen molar-refractivity contribution in [2.24, 2.45) is 0 Å². The first-order valence-electron chi connectivity index (χ1n) is 12.9. The minimum absolute atomic E-state index is 0.0731. The Balaban J connectivity index is 1.60. The minimum atomic E-state index is -3.88. The van der Waals surface area contributed by atoms with E-state index >= 15 is 0 Å². The molecule has 2 heterocycles. The molecule has 1 aromatic heterocycles. The average Bonchev–Trinajstić information content (AvgIpc) is 3.37. The van der Waals surface area contributed by atoms with Crippen LogP contribution in [0.1, 0.15) is 72.4 Å². The highest BCUT2D eigenvalue weighted by Crippen LogP contribution is 2.43. The molecule has 1 fully saturated rings. The van der Waals surface area contributed by atoms with Crippen molar-refractivity contribution in [1.82, 2.24) is 14.5 Å². The number of hydrogen-bond acceptors (Lipinski definition) is 6. The summed E-state index contributed by atoms with van der Waals surface area (Å²) in [5.41, 5.74) is 1.77. The van der Waals surface area contributed by atoms with E-state index in [2.05, 4.69) is 66.0 Å². The van der Waals surface area contributed by atoms with E-state index in [-0.39, 0.29) is 21.6 Å². The standard InChI is InChI=1S/C26H41N5O4SSi/c1-25(2,3)31-23(27-18-11-13-22-21(15-18)30(7)24(32)29-36(22,33)34)16-20(28-31)17-10-12-19(14-17)35-37(8,9)26(4,5)6/h11,13,15-17,19,27H,10,12,14H2,1-9H3,(H,29,32)/t17-,19+/m0/s1. The van der Waals surface area contributed by atoms with Crippen molar-refractivity contribution >= 4 is 41.6 Å². The van der Waals surface area contributed by atoms with Crippen LogP contribution in [0.5, 0.6) is 0 Å². The number of nitrogens with one attached hydrogen (secondary N) is 2. The van der Waals surface area contributed by atoms with E-state index in [0.717, 1.165) is 30.8 Å². The summed E-state index contributed by atoms with van der Waals surface area (Å²) in [6, 6.07) is 6.32. The summed E-state index contributed by atoms with van der Waals surface area (Å²) < 4.78 is 35.5. The molecular formula is C26H41N5O4SSi. The lowest BCUT2D eigenvalue weighted by Crippen LogP contribution is -2.45. The van der Waals surface area contributed by atoms with Gasteiger partial charge in [-0.1, -0.05) is 20.8 Å². The normalized spacial score (nSPS) is 22.1. The van der Waals surface area contributed by atoms with Gasteiger partial charge in [-0.05, 0) is 76.4 Å². The van der Waals surface area contributed by atoms with Crippen molar-refractivity contribution in [3.8, 4) is 0 Å². The molecule has 204 valence electrons. The molecule has 9 nitrogen and oxygen atoms in total. The van der Waals surface area contributed by atoms with E-state index < -0.39 is 24.4 Å². The van der Waals surface area contributed by atoms with Gasteiger partial charge in [-0.15, -0.1) is 0 Å². The Kier molecular flexibility index (Phi) is 6.82. The van der Waals surface area contributed by atoms with E-state index in [4.69, 9.17) is 9.52 Å². The van der Waals surface area contributed by atoms with Crippen LogP contribution >= 0.6 is 0 Å². The van der Waals surface area contributed by atoms with Crippen LogP contribution in [0.25, 0.3) is 0 Å². The van der Waals surface area contributed by atoms with Gasteiger partial charge in [0.15, 0.2) is 8.32 Å². The van der Waals surface area contributed by atoms with Crippen molar-refractivity contribution in [2.45, 2.75) is 101 Å². The summed E-state index contributed by atoms with van der Waals surface area (Å²) in [7, 11) is -4.16. The highest BCUT2D eigenvalue weighted by molar-refractivity contribution is 7.90. The molecule has 0 radical (unpaired) electrons. The third-order valence-electron chi connectivity index (χ3n) is 7.84. The van der Waals surface area contributed by atoms with Crippen molar-refractivity contribution < 1.29 is 17.6 Å². The fourth-order valence-electron chi connectivity index (χ4n) is 4.69. The number of carbonyl (C=O) groups excluding carboxylic acids is 1. The molecule has 2 amide bonds. The summed E-state index contributed by atoms with van der Waals surface area (Å²) in [6.07, 6.45) is 3.29. The van der Waals surface area contributed by atoms with Crippen LogP contribution in [0.3, 0.4) is 0 Å². The van der Waals surface area contributed by atoms with Crippen LogP contribution in [-0.4, -0.2) is 45.7 Å². The highest BCUT2D eigenvalue weighted by Gasteiger charge is 2.41. The van der Waals surface area contributed by atoms with Crippen molar-refractivity contribution in [3.63, 3.8) is 0 Å². The van der Waals surface area contributed by atoms with Crippen LogP contribution < -0.4 is 14.9 Å². The highest BCUT2D eigenvalue weighted by atomic mass is 32.2. The van der Waals surface area contributed by atoms with Gasteiger partial charge in [0, 0.05) is 30.8 Å². The minimum Gasteiger partial charge on any atom is -0.414 e. The average molecular weight is 548 g/mol. The first-order valence-corrected chi connectivity index (χ1v) is 17.3. The molecule has 2 N–H and O–H groups in total. The van der Waals surface area contributed by atoms with Crippen LogP contribution in [0, 0.1) is 0 Å². The number of urea groups is 1. The van der Waals surface area contributed by atoms with E-state index in [1.807, 2.05) is 9.40 Å². The Labute approximate surface area is 222 Å². The Bertz CT molecular complexity index is 1310. The Morgan fingerprint density at radius 3 is 2.41 bits per heavy atom. The van der Waals surface area contributed by atoms with E-state index in [9.17, 15) is 13.2 Å². The maximum Gasteiger partial charge on any atom is 0.335 e.